The highest BCUT2D eigenvalue weighted by Gasteiger charge is 2.08. The minimum atomic E-state index is -0.269. The Morgan fingerprint density at radius 1 is 1.32 bits per heavy atom. The zero-order valence-corrected chi connectivity index (χ0v) is 15.6. The van der Waals surface area contributed by atoms with Crippen LogP contribution in [0.5, 0.6) is 5.75 Å². The number of aromatic nitrogens is 3. The summed E-state index contributed by atoms with van der Waals surface area (Å²) >= 11 is 4.72. The Balaban J connectivity index is 1.59. The van der Waals surface area contributed by atoms with Gasteiger partial charge in [-0.25, -0.2) is 4.98 Å². The van der Waals surface area contributed by atoms with Gasteiger partial charge in [-0.15, -0.1) is 10.2 Å². The zero-order chi connectivity index (χ0) is 17.6. The van der Waals surface area contributed by atoms with Crippen LogP contribution in [0.25, 0.3) is 0 Å². The van der Waals surface area contributed by atoms with Gasteiger partial charge in [0.1, 0.15) is 17.1 Å². The third-order valence-corrected chi connectivity index (χ3v) is 4.52. The fourth-order valence-electron chi connectivity index (χ4n) is 2.04. The number of hydrogen-bond donors (Lipinski definition) is 2. The maximum Gasteiger partial charge on any atom is 0.259 e. The van der Waals surface area contributed by atoms with E-state index in [1.54, 1.807) is 24.8 Å². The number of pyridine rings is 1. The summed E-state index contributed by atoms with van der Waals surface area (Å²) in [4.78, 5) is 16.3. The molecule has 2 aromatic heterocycles. The molecule has 0 spiro atoms. The van der Waals surface area contributed by atoms with Crippen molar-refractivity contribution in [3.05, 3.63) is 57.6 Å². The van der Waals surface area contributed by atoms with E-state index in [0.29, 0.717) is 23.1 Å². The average Bonchev–Trinajstić information content (AvgIpc) is 3.13. The number of anilines is 2. The number of nitrogens with one attached hydrogen (secondary N) is 2. The van der Waals surface area contributed by atoms with E-state index in [4.69, 9.17) is 4.74 Å². The summed E-state index contributed by atoms with van der Waals surface area (Å²) in [7, 11) is 1.63. The fourth-order valence-corrected chi connectivity index (χ4v) is 3.07. The van der Waals surface area contributed by atoms with E-state index in [-0.39, 0.29) is 5.91 Å². The highest BCUT2D eigenvalue weighted by Crippen LogP contribution is 2.25. The van der Waals surface area contributed by atoms with E-state index in [0.717, 1.165) is 15.8 Å². The van der Waals surface area contributed by atoms with E-state index < -0.39 is 0 Å². The molecule has 0 saturated heterocycles. The van der Waals surface area contributed by atoms with Crippen molar-refractivity contribution in [1.82, 2.24) is 15.2 Å². The second-order valence-corrected chi connectivity index (χ2v) is 6.64. The van der Waals surface area contributed by atoms with Gasteiger partial charge < -0.3 is 10.1 Å². The second-order valence-electron chi connectivity index (χ2n) is 4.95. The molecule has 2 N–H and O–H groups in total. The Hall–Kier alpha value is -2.52. The number of ether oxygens (including phenoxy) is 1. The third-order valence-electron chi connectivity index (χ3n) is 3.30. The molecule has 25 heavy (non-hydrogen) atoms. The second kappa shape index (κ2) is 8.04. The number of nitrogens with zero attached hydrogens (tertiary/aromatic N) is 3. The summed E-state index contributed by atoms with van der Waals surface area (Å²) in [5.41, 5.74) is 3.08. The molecule has 0 atom stereocenters. The lowest BCUT2D eigenvalue weighted by molar-refractivity contribution is 0.102. The van der Waals surface area contributed by atoms with Crippen molar-refractivity contribution in [1.29, 1.82) is 0 Å². The van der Waals surface area contributed by atoms with Crippen molar-refractivity contribution in [2.75, 3.05) is 17.7 Å². The number of amides is 1. The number of methoxy groups -OCH3 is 1. The van der Waals surface area contributed by atoms with Crippen LogP contribution in [0.15, 0.2) is 46.5 Å². The summed E-state index contributed by atoms with van der Waals surface area (Å²) in [6.07, 6.45) is 1.52. The molecule has 0 saturated carbocycles. The average molecular weight is 420 g/mol. The van der Waals surface area contributed by atoms with Crippen LogP contribution in [-0.4, -0.2) is 28.2 Å². The molecule has 0 radical (unpaired) electrons. The lowest BCUT2D eigenvalue weighted by Gasteiger charge is -2.09. The molecule has 128 valence electrons. The SMILES string of the molecule is COc1ccc(CNc2ccc(C(=O)Nc3nncs3)cn2)cc1Br. The molecule has 1 amide bonds. The molecule has 0 fully saturated rings. The number of halogens is 1. The maximum absolute atomic E-state index is 12.1. The van der Waals surface area contributed by atoms with Crippen LogP contribution in [0.1, 0.15) is 15.9 Å². The van der Waals surface area contributed by atoms with Crippen molar-refractivity contribution in [2.45, 2.75) is 6.54 Å². The number of carbonyl (C=O) groups excluding carboxylic acids is 1. The van der Waals surface area contributed by atoms with E-state index in [1.807, 2.05) is 18.2 Å². The molecule has 0 unspecified atom stereocenters. The van der Waals surface area contributed by atoms with E-state index >= 15 is 0 Å². The summed E-state index contributed by atoms with van der Waals surface area (Å²) < 4.78 is 6.11. The molecular weight excluding hydrogens is 406 g/mol. The topological polar surface area (TPSA) is 89.0 Å². The third kappa shape index (κ3) is 4.52. The summed E-state index contributed by atoms with van der Waals surface area (Å²) in [6, 6.07) is 9.31. The number of carbonyl (C=O) groups is 1. The van der Waals surface area contributed by atoms with Gasteiger partial charge in [0.2, 0.25) is 5.13 Å². The molecule has 9 heteroatoms. The van der Waals surface area contributed by atoms with Crippen LogP contribution >= 0.6 is 27.3 Å². The monoisotopic (exact) mass is 419 g/mol. The summed E-state index contributed by atoms with van der Waals surface area (Å²) in [5.74, 6) is 1.20. The minimum Gasteiger partial charge on any atom is -0.496 e. The number of rotatable bonds is 6. The van der Waals surface area contributed by atoms with Crippen molar-refractivity contribution in [3.63, 3.8) is 0 Å². The van der Waals surface area contributed by atoms with Gasteiger partial charge in [-0.1, -0.05) is 17.4 Å². The normalized spacial score (nSPS) is 10.3. The molecule has 0 aliphatic heterocycles. The summed E-state index contributed by atoms with van der Waals surface area (Å²) in [6.45, 7) is 0.603. The largest absolute Gasteiger partial charge is 0.496 e. The lowest BCUT2D eigenvalue weighted by atomic mass is 10.2. The first kappa shape index (κ1) is 17.3. The standard InChI is InChI=1S/C16H14BrN5O2S/c1-24-13-4-2-10(6-12(13)17)7-18-14-5-3-11(8-19-14)15(23)21-16-22-20-9-25-16/h2-6,8-9H,7H2,1H3,(H,18,19)(H,21,22,23). The minimum absolute atomic E-state index is 0.269. The number of hydrogen-bond acceptors (Lipinski definition) is 7. The smallest absolute Gasteiger partial charge is 0.259 e. The zero-order valence-electron chi connectivity index (χ0n) is 13.2. The van der Waals surface area contributed by atoms with E-state index in [2.05, 4.69) is 41.7 Å². The number of benzene rings is 1. The van der Waals surface area contributed by atoms with Crippen LogP contribution in [0.4, 0.5) is 10.9 Å². The van der Waals surface area contributed by atoms with Crippen LogP contribution in [0.3, 0.4) is 0 Å². The quantitative estimate of drug-likeness (QED) is 0.634. The highest BCUT2D eigenvalue weighted by atomic mass is 79.9. The van der Waals surface area contributed by atoms with Crippen LogP contribution in [-0.2, 0) is 6.54 Å². The Morgan fingerprint density at radius 2 is 2.20 bits per heavy atom. The molecule has 3 aromatic rings. The van der Waals surface area contributed by atoms with Gasteiger partial charge in [-0.05, 0) is 45.8 Å². The van der Waals surface area contributed by atoms with Crippen molar-refractivity contribution >= 4 is 44.1 Å². The molecule has 3 rings (SSSR count). The predicted molar refractivity (Wildman–Crippen MR) is 100 cm³/mol. The first-order chi connectivity index (χ1) is 12.2. The van der Waals surface area contributed by atoms with E-state index in [9.17, 15) is 4.79 Å². The maximum atomic E-state index is 12.1. The van der Waals surface area contributed by atoms with Crippen molar-refractivity contribution < 1.29 is 9.53 Å². The molecule has 0 aliphatic rings. The Kier molecular flexibility index (Phi) is 5.56. The molecule has 7 nitrogen and oxygen atoms in total. The first-order valence-electron chi connectivity index (χ1n) is 7.25. The van der Waals surface area contributed by atoms with Gasteiger partial charge in [-0.3, -0.25) is 10.1 Å². The Morgan fingerprint density at radius 3 is 2.84 bits per heavy atom. The van der Waals surface area contributed by atoms with Crippen molar-refractivity contribution in [2.24, 2.45) is 0 Å². The van der Waals surface area contributed by atoms with Gasteiger partial charge in [0.25, 0.3) is 5.91 Å². The van der Waals surface area contributed by atoms with Crippen LogP contribution in [0.2, 0.25) is 0 Å². The molecule has 2 heterocycles. The van der Waals surface area contributed by atoms with Gasteiger partial charge >= 0.3 is 0 Å². The Labute approximate surface area is 156 Å². The van der Waals surface area contributed by atoms with Crippen LogP contribution < -0.4 is 15.4 Å². The van der Waals surface area contributed by atoms with Gasteiger partial charge in [0.15, 0.2) is 0 Å². The van der Waals surface area contributed by atoms with Crippen LogP contribution in [0, 0.1) is 0 Å². The molecule has 0 bridgehead atoms. The van der Waals surface area contributed by atoms with E-state index in [1.165, 1.54) is 17.5 Å². The Bertz CT molecular complexity index is 855. The lowest BCUT2D eigenvalue weighted by Crippen LogP contribution is -2.12. The highest BCUT2D eigenvalue weighted by molar-refractivity contribution is 9.10. The van der Waals surface area contributed by atoms with Gasteiger partial charge in [-0.2, -0.15) is 0 Å². The van der Waals surface area contributed by atoms with Gasteiger partial charge in [0, 0.05) is 12.7 Å². The summed E-state index contributed by atoms with van der Waals surface area (Å²) in [5, 5.41) is 13.8. The predicted octanol–water partition coefficient (Wildman–Crippen LogP) is 3.57. The molecular formula is C16H14BrN5O2S. The molecule has 1 aromatic carbocycles. The van der Waals surface area contributed by atoms with Gasteiger partial charge in [0.05, 0.1) is 17.1 Å². The first-order valence-corrected chi connectivity index (χ1v) is 8.93. The van der Waals surface area contributed by atoms with Crippen molar-refractivity contribution in [3.8, 4) is 5.75 Å². The molecule has 0 aliphatic carbocycles. The fraction of sp³-hybridized carbons (Fsp3) is 0.125.